The number of esters is 1. The summed E-state index contributed by atoms with van der Waals surface area (Å²) in [5, 5.41) is 20.1. The van der Waals surface area contributed by atoms with Gasteiger partial charge in [0, 0.05) is 0 Å². The van der Waals surface area contributed by atoms with Crippen LogP contribution in [0.1, 0.15) is 94.1 Å². The molecule has 4 atom stereocenters. The first-order valence-corrected chi connectivity index (χ1v) is 20.0. The molecule has 0 aliphatic carbocycles. The number of nitrogens with one attached hydrogen (secondary N) is 8. The van der Waals surface area contributed by atoms with Gasteiger partial charge in [0.1, 0.15) is 35.8 Å². The van der Waals surface area contributed by atoms with Gasteiger partial charge in [-0.15, -0.1) is 0 Å². The van der Waals surface area contributed by atoms with Crippen LogP contribution in [-0.2, 0) is 54.4 Å². The number of carbonyl (C=O) groups is 9. The molecule has 0 aromatic heterocycles. The summed E-state index contributed by atoms with van der Waals surface area (Å²) in [5.74, 6) is -5.79. The molecule has 0 saturated heterocycles. The van der Waals surface area contributed by atoms with E-state index in [1.807, 2.05) is 40.7 Å². The number of alkyl carbamates (subject to hydrolysis) is 1. The number of ether oxygens (including phenoxy) is 2. The van der Waals surface area contributed by atoms with Crippen LogP contribution in [0, 0.1) is 17.8 Å². The van der Waals surface area contributed by atoms with Crippen molar-refractivity contribution in [2.24, 2.45) is 17.8 Å². The first-order valence-electron chi connectivity index (χ1n) is 20.0. The number of amides is 8. The van der Waals surface area contributed by atoms with Gasteiger partial charge in [0.15, 0.2) is 0 Å². The predicted octanol–water partition coefficient (Wildman–Crippen LogP) is 0.701. The van der Waals surface area contributed by atoms with Gasteiger partial charge in [-0.3, -0.25) is 33.6 Å². The Labute approximate surface area is 352 Å². The molecule has 19 nitrogen and oxygen atoms in total. The predicted molar refractivity (Wildman–Crippen MR) is 221 cm³/mol. The lowest BCUT2D eigenvalue weighted by atomic mass is 9.97. The highest BCUT2D eigenvalue weighted by Crippen LogP contribution is 2.13. The molecule has 0 unspecified atom stereocenters. The van der Waals surface area contributed by atoms with E-state index in [4.69, 9.17) is 9.47 Å². The van der Waals surface area contributed by atoms with Crippen molar-refractivity contribution in [3.05, 3.63) is 35.9 Å². The van der Waals surface area contributed by atoms with Crippen molar-refractivity contribution in [1.82, 2.24) is 42.5 Å². The van der Waals surface area contributed by atoms with Crippen LogP contribution in [0.5, 0.6) is 0 Å². The van der Waals surface area contributed by atoms with Gasteiger partial charge in [-0.25, -0.2) is 9.59 Å². The average Bonchev–Trinajstić information content (AvgIpc) is 3.17. The first-order chi connectivity index (χ1) is 27.9. The smallest absolute Gasteiger partial charge is 0.408 e. The summed E-state index contributed by atoms with van der Waals surface area (Å²) in [6, 6.07) is 5.90. The Morgan fingerprint density at radius 3 is 1.65 bits per heavy atom. The van der Waals surface area contributed by atoms with Crippen LogP contribution in [0.4, 0.5) is 4.79 Å². The Bertz CT molecular complexity index is 1650. The molecule has 1 aromatic carbocycles. The topological polar surface area (TPSA) is 268 Å². The van der Waals surface area contributed by atoms with E-state index < -0.39 is 102 Å². The van der Waals surface area contributed by atoms with Gasteiger partial charge in [0.25, 0.3) is 0 Å². The molecule has 19 heteroatoms. The largest absolute Gasteiger partial charge is 0.467 e. The Hall–Kier alpha value is -5.75. The fourth-order valence-electron chi connectivity index (χ4n) is 5.49. The van der Waals surface area contributed by atoms with Crippen molar-refractivity contribution < 1.29 is 52.6 Å². The SMILES string of the molecule is CC[C@H](C)[C@H](NC(=O)CNC(=O)C(C)(C)NC(=O)[C@H](CC(C)C)NC(=O)CNC(=O)CNC(=O)C(C)(C)NC(=O)OCc1ccccc1)C(=O)N[C@@H](CC(C)C)C(=O)OC. The second kappa shape index (κ2) is 25.0. The van der Waals surface area contributed by atoms with Crippen LogP contribution in [0.15, 0.2) is 30.3 Å². The lowest BCUT2D eigenvalue weighted by Gasteiger charge is -2.29. The molecule has 0 aliphatic rings. The summed E-state index contributed by atoms with van der Waals surface area (Å²) in [6.07, 6.45) is 0.176. The second-order valence-electron chi connectivity index (χ2n) is 16.5. The lowest BCUT2D eigenvalue weighted by Crippen LogP contribution is -2.61. The van der Waals surface area contributed by atoms with Crippen LogP contribution >= 0.6 is 0 Å². The zero-order chi connectivity index (χ0) is 45.8. The van der Waals surface area contributed by atoms with E-state index in [0.29, 0.717) is 12.8 Å². The van der Waals surface area contributed by atoms with E-state index in [2.05, 4.69) is 42.5 Å². The second-order valence-corrected chi connectivity index (χ2v) is 16.5. The maximum atomic E-state index is 13.4. The van der Waals surface area contributed by atoms with Gasteiger partial charge in [-0.2, -0.15) is 0 Å². The summed E-state index contributed by atoms with van der Waals surface area (Å²) in [6.45, 7) is 15.1. The summed E-state index contributed by atoms with van der Waals surface area (Å²) in [7, 11) is 1.22. The van der Waals surface area contributed by atoms with Crippen molar-refractivity contribution >= 4 is 53.4 Å². The van der Waals surface area contributed by atoms with Crippen molar-refractivity contribution in [2.45, 2.75) is 124 Å². The Morgan fingerprint density at radius 1 is 0.617 bits per heavy atom. The fraction of sp³-hybridized carbons (Fsp3) is 0.634. The molecule has 0 heterocycles. The quantitative estimate of drug-likeness (QED) is 0.0672. The van der Waals surface area contributed by atoms with Crippen LogP contribution in [0.3, 0.4) is 0 Å². The molecule has 1 rings (SSSR count). The van der Waals surface area contributed by atoms with Gasteiger partial charge in [0.05, 0.1) is 26.7 Å². The standard InChI is InChI=1S/C41H66N8O11/c1-12-26(6)33(35(54)46-29(19-25(4)5)36(55)59-11)47-32(52)22-44-37(56)40(7,8)48-34(53)28(18-24(2)3)45-31(51)21-42-30(50)20-43-38(57)41(9,10)49-39(58)60-23-27-16-14-13-15-17-27/h13-17,24-26,28-29,33H,12,18-23H2,1-11H3,(H,42,50)(H,43,57)(H,44,56)(H,45,51)(H,46,54)(H,47,52)(H,48,53)(H,49,58)/t26-,28-,29-,33-/m0/s1. The molecule has 0 bridgehead atoms. The number of methoxy groups -OCH3 is 1. The van der Waals surface area contributed by atoms with E-state index in [-0.39, 0.29) is 30.8 Å². The van der Waals surface area contributed by atoms with Crippen molar-refractivity contribution in [2.75, 3.05) is 26.7 Å². The Kier molecular flexibility index (Phi) is 21.8. The molecule has 336 valence electrons. The van der Waals surface area contributed by atoms with Gasteiger partial charge < -0.3 is 52.0 Å². The van der Waals surface area contributed by atoms with E-state index in [9.17, 15) is 43.2 Å². The van der Waals surface area contributed by atoms with Crippen molar-refractivity contribution in [3.8, 4) is 0 Å². The fourth-order valence-corrected chi connectivity index (χ4v) is 5.49. The zero-order valence-corrected chi connectivity index (χ0v) is 36.8. The van der Waals surface area contributed by atoms with Crippen molar-refractivity contribution in [1.29, 1.82) is 0 Å². The summed E-state index contributed by atoms with van der Waals surface area (Å²) in [5.41, 5.74) is -2.26. The van der Waals surface area contributed by atoms with Crippen LogP contribution < -0.4 is 42.5 Å². The summed E-state index contributed by atoms with van der Waals surface area (Å²) >= 11 is 0. The molecule has 0 radical (unpaired) electrons. The highest BCUT2D eigenvalue weighted by atomic mass is 16.5. The maximum absolute atomic E-state index is 13.4. The molecule has 60 heavy (non-hydrogen) atoms. The molecule has 8 amide bonds. The van der Waals surface area contributed by atoms with Gasteiger partial charge in [-0.05, 0) is 63.9 Å². The minimum atomic E-state index is -1.57. The van der Waals surface area contributed by atoms with Gasteiger partial charge in [0.2, 0.25) is 41.4 Å². The first kappa shape index (κ1) is 52.3. The molecular weight excluding hydrogens is 780 g/mol. The normalized spacial score (nSPS) is 13.3. The van der Waals surface area contributed by atoms with E-state index >= 15 is 0 Å². The molecular formula is C41H66N8O11. The number of benzene rings is 1. The van der Waals surface area contributed by atoms with E-state index in [0.717, 1.165) is 5.56 Å². The lowest BCUT2D eigenvalue weighted by molar-refractivity contribution is -0.146. The maximum Gasteiger partial charge on any atom is 0.408 e. The minimum Gasteiger partial charge on any atom is -0.467 e. The highest BCUT2D eigenvalue weighted by molar-refractivity contribution is 5.97. The molecule has 1 aromatic rings. The Morgan fingerprint density at radius 2 is 1.12 bits per heavy atom. The Balaban J connectivity index is 2.73. The van der Waals surface area contributed by atoms with Crippen molar-refractivity contribution in [3.63, 3.8) is 0 Å². The molecule has 0 aliphatic heterocycles. The van der Waals surface area contributed by atoms with Crippen LogP contribution in [-0.4, -0.2) is 109 Å². The monoisotopic (exact) mass is 846 g/mol. The zero-order valence-electron chi connectivity index (χ0n) is 36.8. The third-order valence-corrected chi connectivity index (χ3v) is 9.14. The average molecular weight is 847 g/mol. The van der Waals surface area contributed by atoms with Gasteiger partial charge in [-0.1, -0.05) is 78.3 Å². The number of rotatable bonds is 24. The van der Waals surface area contributed by atoms with Crippen LogP contribution in [0.25, 0.3) is 0 Å². The van der Waals surface area contributed by atoms with E-state index in [1.54, 1.807) is 31.2 Å². The number of carbonyl (C=O) groups excluding carboxylic acids is 9. The highest BCUT2D eigenvalue weighted by Gasteiger charge is 2.35. The molecule has 0 fully saturated rings. The summed E-state index contributed by atoms with van der Waals surface area (Å²) < 4.78 is 9.97. The number of hydrogen-bond donors (Lipinski definition) is 8. The van der Waals surface area contributed by atoms with Crippen LogP contribution in [0.2, 0.25) is 0 Å². The minimum absolute atomic E-state index is 0.00717. The number of hydrogen-bond acceptors (Lipinski definition) is 11. The third kappa shape index (κ3) is 19.3. The summed E-state index contributed by atoms with van der Waals surface area (Å²) in [4.78, 5) is 115. The van der Waals surface area contributed by atoms with Gasteiger partial charge >= 0.3 is 12.1 Å². The molecule has 0 saturated carbocycles. The molecule has 0 spiro atoms. The molecule has 8 N–H and O–H groups in total. The van der Waals surface area contributed by atoms with E-state index in [1.165, 1.54) is 34.8 Å². The third-order valence-electron chi connectivity index (χ3n) is 9.14.